The average Bonchev–Trinajstić information content (AvgIpc) is 3.23. The third kappa shape index (κ3) is 4.02. The number of nitrogens with zero attached hydrogens (tertiary/aromatic N) is 3. The third-order valence-electron chi connectivity index (χ3n) is 4.99. The molecule has 0 radical (unpaired) electrons. The summed E-state index contributed by atoms with van der Waals surface area (Å²) in [5.74, 6) is 0. The second kappa shape index (κ2) is 8.35. The van der Waals surface area contributed by atoms with Gasteiger partial charge in [0.2, 0.25) is 0 Å². The number of nitrogens with one attached hydrogen (secondary N) is 1. The molecule has 0 amide bonds. The lowest BCUT2D eigenvalue weighted by molar-refractivity contribution is -0.0368. The van der Waals surface area contributed by atoms with Gasteiger partial charge in [-0.15, -0.1) is 0 Å². The summed E-state index contributed by atoms with van der Waals surface area (Å²) in [6.45, 7) is 4.91. The van der Waals surface area contributed by atoms with E-state index in [2.05, 4.69) is 71.4 Å². The van der Waals surface area contributed by atoms with Gasteiger partial charge < -0.3 is 4.74 Å². The smallest absolute Gasteiger partial charge is 0.150 e. The van der Waals surface area contributed by atoms with E-state index in [1.165, 1.54) is 23.6 Å². The lowest BCUT2D eigenvalue weighted by Crippen LogP contribution is -2.19. The Morgan fingerprint density at radius 3 is 2.54 bits per heavy atom. The molecule has 1 fully saturated rings. The Bertz CT molecular complexity index is 1110. The van der Waals surface area contributed by atoms with Gasteiger partial charge in [-0.25, -0.2) is 4.68 Å². The van der Waals surface area contributed by atoms with Crippen molar-refractivity contribution in [2.24, 2.45) is 0 Å². The minimum absolute atomic E-state index is 0.112. The van der Waals surface area contributed by atoms with Crippen LogP contribution < -0.4 is 0 Å². The zero-order chi connectivity index (χ0) is 19.7. The molecule has 28 heavy (non-hydrogen) atoms. The number of H-pyrrole nitrogens is 1. The summed E-state index contributed by atoms with van der Waals surface area (Å²) in [4.78, 5) is 0. The summed E-state index contributed by atoms with van der Waals surface area (Å²) >= 11 is 6.91. The van der Waals surface area contributed by atoms with Crippen LogP contribution in [0, 0.1) is 13.8 Å². The fraction of sp³-hybridized carbons (Fsp3) is 0.333. The zero-order valence-electron chi connectivity index (χ0n) is 15.9. The number of aromatic nitrogens is 4. The quantitative estimate of drug-likeness (QED) is 0.324. The van der Waals surface area contributed by atoms with E-state index in [0.29, 0.717) is 0 Å². The molecule has 4 aromatic rings. The molecular weight excluding hydrogens is 484 g/mol. The van der Waals surface area contributed by atoms with Gasteiger partial charge in [0.1, 0.15) is 0 Å². The Balaban J connectivity index is 0.000000151. The molecule has 1 saturated heterocycles. The van der Waals surface area contributed by atoms with Gasteiger partial charge in [-0.05, 0) is 69.5 Å². The second-order valence-electron chi connectivity index (χ2n) is 7.02. The maximum absolute atomic E-state index is 5.80. The van der Waals surface area contributed by atoms with Crippen LogP contribution in [0.1, 0.15) is 36.9 Å². The van der Waals surface area contributed by atoms with Crippen LogP contribution in [0.25, 0.3) is 21.8 Å². The van der Waals surface area contributed by atoms with Crippen molar-refractivity contribution in [3.05, 3.63) is 56.7 Å². The molecule has 5 nitrogen and oxygen atoms in total. The number of halogens is 2. The summed E-state index contributed by atoms with van der Waals surface area (Å²) in [6, 6.07) is 12.3. The molecule has 146 valence electrons. The van der Waals surface area contributed by atoms with Gasteiger partial charge in [0.25, 0.3) is 0 Å². The first kappa shape index (κ1) is 19.6. The highest BCUT2D eigenvalue weighted by molar-refractivity contribution is 9.10. The van der Waals surface area contributed by atoms with Crippen molar-refractivity contribution in [2.45, 2.75) is 39.3 Å². The maximum Gasteiger partial charge on any atom is 0.150 e. The molecule has 2 aromatic heterocycles. The molecule has 2 aromatic carbocycles. The molecule has 0 saturated carbocycles. The van der Waals surface area contributed by atoms with Crippen LogP contribution in [0.3, 0.4) is 0 Å². The van der Waals surface area contributed by atoms with Crippen molar-refractivity contribution >= 4 is 53.7 Å². The number of aryl methyl sites for hydroxylation is 2. The van der Waals surface area contributed by atoms with Crippen molar-refractivity contribution in [1.29, 1.82) is 0 Å². The number of aromatic amines is 1. The molecule has 1 atom stereocenters. The summed E-state index contributed by atoms with van der Waals surface area (Å²) in [5.41, 5.74) is 4.36. The van der Waals surface area contributed by atoms with E-state index in [4.69, 9.17) is 4.74 Å². The van der Waals surface area contributed by atoms with Crippen LogP contribution in [0.5, 0.6) is 0 Å². The van der Waals surface area contributed by atoms with Crippen molar-refractivity contribution in [2.75, 3.05) is 6.61 Å². The second-order valence-corrected chi connectivity index (χ2v) is 8.85. The predicted molar refractivity (Wildman–Crippen MR) is 120 cm³/mol. The average molecular weight is 506 g/mol. The Kier molecular flexibility index (Phi) is 5.85. The highest BCUT2D eigenvalue weighted by Gasteiger charge is 2.19. The third-order valence-corrected chi connectivity index (χ3v) is 5.97. The molecule has 0 bridgehead atoms. The molecule has 7 heteroatoms. The highest BCUT2D eigenvalue weighted by atomic mass is 79.9. The van der Waals surface area contributed by atoms with Crippen LogP contribution in [-0.2, 0) is 4.74 Å². The zero-order valence-corrected chi connectivity index (χ0v) is 19.0. The molecule has 3 heterocycles. The van der Waals surface area contributed by atoms with Gasteiger partial charge in [0.15, 0.2) is 6.23 Å². The minimum atomic E-state index is 0.112. The Morgan fingerprint density at radius 2 is 1.79 bits per heavy atom. The predicted octanol–water partition coefficient (Wildman–Crippen LogP) is 6.44. The number of hydrogen-bond donors (Lipinski definition) is 1. The molecule has 0 spiro atoms. The van der Waals surface area contributed by atoms with Gasteiger partial charge in [0, 0.05) is 32.0 Å². The summed E-state index contributed by atoms with van der Waals surface area (Å²) < 4.78 is 10.0. The van der Waals surface area contributed by atoms with E-state index in [0.717, 1.165) is 44.4 Å². The normalized spacial score (nSPS) is 16.9. The number of rotatable bonds is 1. The molecule has 1 N–H and O–H groups in total. The van der Waals surface area contributed by atoms with Crippen LogP contribution in [0.4, 0.5) is 0 Å². The Hall–Kier alpha value is -1.70. The first-order chi connectivity index (χ1) is 13.5. The fourth-order valence-electron chi connectivity index (χ4n) is 3.51. The molecule has 1 unspecified atom stereocenters. The van der Waals surface area contributed by atoms with Crippen LogP contribution in [0.15, 0.2) is 45.3 Å². The lowest BCUT2D eigenvalue weighted by Gasteiger charge is -2.23. The molecular formula is C21H22Br2N4O. The summed E-state index contributed by atoms with van der Waals surface area (Å²) in [6.07, 6.45) is 3.56. The first-order valence-electron chi connectivity index (χ1n) is 9.39. The summed E-state index contributed by atoms with van der Waals surface area (Å²) in [5, 5.41) is 14.1. The van der Waals surface area contributed by atoms with Crippen LogP contribution >= 0.6 is 31.9 Å². The summed E-state index contributed by atoms with van der Waals surface area (Å²) in [7, 11) is 0. The fourth-order valence-corrected chi connectivity index (χ4v) is 4.24. The van der Waals surface area contributed by atoms with E-state index in [1.54, 1.807) is 0 Å². The van der Waals surface area contributed by atoms with E-state index in [1.807, 2.05) is 30.7 Å². The van der Waals surface area contributed by atoms with Gasteiger partial charge in [-0.2, -0.15) is 10.2 Å². The number of benzene rings is 2. The number of hydrogen-bond acceptors (Lipinski definition) is 3. The lowest BCUT2D eigenvalue weighted by atomic mass is 10.2. The molecule has 1 aliphatic heterocycles. The maximum atomic E-state index is 5.80. The number of ether oxygens (including phenoxy) is 1. The van der Waals surface area contributed by atoms with Gasteiger partial charge in [-0.1, -0.05) is 31.9 Å². The van der Waals surface area contributed by atoms with Gasteiger partial charge in [-0.3, -0.25) is 5.10 Å². The van der Waals surface area contributed by atoms with Crippen LogP contribution in [-0.4, -0.2) is 26.6 Å². The Labute approximate surface area is 180 Å². The monoisotopic (exact) mass is 504 g/mol. The largest absolute Gasteiger partial charge is 0.356 e. The highest BCUT2D eigenvalue weighted by Crippen LogP contribution is 2.29. The van der Waals surface area contributed by atoms with E-state index >= 15 is 0 Å². The van der Waals surface area contributed by atoms with Crippen molar-refractivity contribution < 1.29 is 4.74 Å². The van der Waals surface area contributed by atoms with Gasteiger partial charge >= 0.3 is 0 Å². The van der Waals surface area contributed by atoms with Crippen molar-refractivity contribution in [3.8, 4) is 0 Å². The van der Waals surface area contributed by atoms with Crippen LogP contribution in [0.2, 0.25) is 0 Å². The Morgan fingerprint density at radius 1 is 1.04 bits per heavy atom. The minimum Gasteiger partial charge on any atom is -0.356 e. The van der Waals surface area contributed by atoms with E-state index in [-0.39, 0.29) is 6.23 Å². The van der Waals surface area contributed by atoms with Crippen molar-refractivity contribution in [3.63, 3.8) is 0 Å². The van der Waals surface area contributed by atoms with E-state index < -0.39 is 0 Å². The first-order valence-corrected chi connectivity index (χ1v) is 11.0. The van der Waals surface area contributed by atoms with Crippen molar-refractivity contribution in [1.82, 2.24) is 20.0 Å². The van der Waals surface area contributed by atoms with E-state index in [9.17, 15) is 0 Å². The SMILES string of the molecule is Cc1[nH]nc2ccc(Br)cc12.Cc1nn(C2CCCCO2)c2ccc(Br)cc12. The topological polar surface area (TPSA) is 55.7 Å². The molecule has 1 aliphatic rings. The molecule has 0 aliphatic carbocycles. The molecule has 5 rings (SSSR count). The van der Waals surface area contributed by atoms with Gasteiger partial charge in [0.05, 0.1) is 16.7 Å². The standard InChI is InChI=1S/C13H15BrN2O.C8H7BrN2/c1-9-11-8-10(14)5-6-12(11)16(15-9)13-4-2-3-7-17-13;1-5-7-4-6(9)2-3-8(7)11-10-5/h5-6,8,13H,2-4,7H2,1H3;2-4H,1H3,(H,10,11). The number of fused-ring (bicyclic) bond motifs is 2.